The first-order valence-electron chi connectivity index (χ1n) is 9.65. The summed E-state index contributed by atoms with van der Waals surface area (Å²) in [4.78, 5) is 26.4. The highest BCUT2D eigenvalue weighted by atomic mass is 35.5. The molecule has 28 heavy (non-hydrogen) atoms. The van der Waals surface area contributed by atoms with Crippen LogP contribution < -0.4 is 0 Å². The Morgan fingerprint density at radius 1 is 0.786 bits per heavy atom. The number of Topliss-reactive ketones (excluding diaryl/α,β-unsaturated/α-hetero) is 2. The van der Waals surface area contributed by atoms with Crippen molar-refractivity contribution in [3.63, 3.8) is 0 Å². The van der Waals surface area contributed by atoms with Gasteiger partial charge in [-0.1, -0.05) is 35.3 Å². The molecule has 3 nitrogen and oxygen atoms in total. The van der Waals surface area contributed by atoms with Crippen molar-refractivity contribution in [3.05, 3.63) is 57.1 Å². The molecule has 3 aliphatic rings. The summed E-state index contributed by atoms with van der Waals surface area (Å²) in [6, 6.07) is 9.47. The van der Waals surface area contributed by atoms with Crippen molar-refractivity contribution in [1.29, 1.82) is 0 Å². The minimum Gasteiger partial charge on any atom is -0.373 e. The van der Waals surface area contributed by atoms with Crippen molar-refractivity contribution >= 4 is 34.8 Å². The zero-order valence-corrected chi connectivity index (χ0v) is 17.2. The van der Waals surface area contributed by atoms with Crippen LogP contribution in [0.25, 0.3) is 11.1 Å². The van der Waals surface area contributed by atoms with E-state index in [0.717, 1.165) is 40.7 Å². The lowest BCUT2D eigenvalue weighted by atomic mass is 9.81. The van der Waals surface area contributed by atoms with E-state index in [1.165, 1.54) is 0 Å². The largest absolute Gasteiger partial charge is 0.373 e. The second-order valence-corrected chi connectivity index (χ2v) is 9.13. The Morgan fingerprint density at radius 3 is 1.75 bits per heavy atom. The number of fused-ring (bicyclic) bond motifs is 5. The molecule has 1 aliphatic carbocycles. The van der Waals surface area contributed by atoms with Gasteiger partial charge in [0.1, 0.15) is 5.92 Å². The summed E-state index contributed by atoms with van der Waals surface area (Å²) in [6.45, 7) is 3.94. The van der Waals surface area contributed by atoms with Gasteiger partial charge in [0.2, 0.25) is 0 Å². The van der Waals surface area contributed by atoms with Crippen LogP contribution in [-0.4, -0.2) is 23.8 Å². The van der Waals surface area contributed by atoms with Gasteiger partial charge >= 0.3 is 0 Å². The maximum Gasteiger partial charge on any atom is 0.154 e. The molecule has 0 radical (unpaired) electrons. The first-order chi connectivity index (χ1) is 13.3. The van der Waals surface area contributed by atoms with Crippen LogP contribution in [0.4, 0.5) is 0 Å². The molecule has 3 fully saturated rings. The second-order valence-electron chi connectivity index (χ2n) is 8.26. The molecule has 0 aromatic heterocycles. The van der Waals surface area contributed by atoms with Crippen LogP contribution >= 0.6 is 23.2 Å². The Morgan fingerprint density at radius 2 is 1.25 bits per heavy atom. The predicted octanol–water partition coefficient (Wildman–Crippen LogP) is 5.31. The second kappa shape index (κ2) is 6.41. The normalized spacial score (nSPS) is 30.9. The Kier molecular flexibility index (Phi) is 4.20. The van der Waals surface area contributed by atoms with Gasteiger partial charge in [-0.15, -0.1) is 0 Å². The number of rotatable bonds is 2. The summed E-state index contributed by atoms with van der Waals surface area (Å²) in [5.74, 6) is -1.05. The van der Waals surface area contributed by atoms with Gasteiger partial charge in [0.05, 0.1) is 24.0 Å². The lowest BCUT2D eigenvalue weighted by Gasteiger charge is -2.19. The molecule has 0 spiro atoms. The van der Waals surface area contributed by atoms with Crippen molar-refractivity contribution in [3.8, 4) is 11.1 Å². The van der Waals surface area contributed by atoms with E-state index in [0.29, 0.717) is 10.0 Å². The maximum atomic E-state index is 13.2. The first kappa shape index (κ1) is 18.4. The van der Waals surface area contributed by atoms with Gasteiger partial charge in [0, 0.05) is 10.0 Å². The highest BCUT2D eigenvalue weighted by Gasteiger charge is 2.63. The van der Waals surface area contributed by atoms with Crippen molar-refractivity contribution < 1.29 is 14.3 Å². The maximum absolute atomic E-state index is 13.2. The minimum atomic E-state index is -0.654. The van der Waals surface area contributed by atoms with Gasteiger partial charge in [-0.2, -0.15) is 0 Å². The molecule has 2 aromatic rings. The molecule has 1 saturated carbocycles. The molecule has 3 unspecified atom stereocenters. The van der Waals surface area contributed by atoms with Gasteiger partial charge in [-0.25, -0.2) is 0 Å². The number of carbonyl (C=O) groups excluding carboxylic acids is 2. The molecule has 2 aromatic carbocycles. The number of halogens is 2. The topological polar surface area (TPSA) is 43.4 Å². The van der Waals surface area contributed by atoms with E-state index in [1.54, 1.807) is 6.07 Å². The summed E-state index contributed by atoms with van der Waals surface area (Å²) in [5.41, 5.74) is 4.66. The summed E-state index contributed by atoms with van der Waals surface area (Å²) in [5, 5.41) is 1.15. The zero-order chi connectivity index (χ0) is 19.7. The fraction of sp³-hybridized carbons (Fsp3) is 0.391. The average Bonchev–Trinajstić information content (AvgIpc) is 3.29. The van der Waals surface area contributed by atoms with Gasteiger partial charge in [0.25, 0.3) is 0 Å². The number of hydrogen-bond donors (Lipinski definition) is 0. The van der Waals surface area contributed by atoms with Gasteiger partial charge in [-0.05, 0) is 72.7 Å². The van der Waals surface area contributed by atoms with E-state index >= 15 is 0 Å². The summed E-state index contributed by atoms with van der Waals surface area (Å²) in [6.07, 6.45) is 1.66. The van der Waals surface area contributed by atoms with Crippen LogP contribution in [0.5, 0.6) is 0 Å². The Hall–Kier alpha value is -1.68. The molecule has 5 heteroatoms. The van der Waals surface area contributed by atoms with Crippen molar-refractivity contribution in [2.24, 2.45) is 11.8 Å². The van der Waals surface area contributed by atoms with Crippen molar-refractivity contribution in [2.75, 3.05) is 0 Å². The Balaban J connectivity index is 1.56. The van der Waals surface area contributed by atoms with Crippen LogP contribution in [-0.2, 0) is 14.3 Å². The summed E-state index contributed by atoms with van der Waals surface area (Å²) < 4.78 is 5.86. The summed E-state index contributed by atoms with van der Waals surface area (Å²) in [7, 11) is 0. The molecule has 144 valence electrons. The van der Waals surface area contributed by atoms with Gasteiger partial charge in [-0.3, -0.25) is 9.59 Å². The van der Waals surface area contributed by atoms with E-state index in [9.17, 15) is 9.59 Å². The molecule has 2 bridgehead atoms. The molecule has 2 saturated heterocycles. The fourth-order valence-corrected chi connectivity index (χ4v) is 6.05. The standard InChI is InChI=1S/C23H20Cl2O3/c1-10-5-12(13-7-14(24)9-15(25)8-13)6-11(2)18(10)21-22(26)19-16-3-4-17(28-16)20(19)23(21)27/h5-9,16-17,19-21H,3-4H2,1-2H3/t16?,17?,19-,20+,21?. The third kappa shape index (κ3) is 2.60. The van der Waals surface area contributed by atoms with E-state index in [4.69, 9.17) is 27.9 Å². The van der Waals surface area contributed by atoms with Crippen LogP contribution in [0, 0.1) is 25.7 Å². The number of carbonyl (C=O) groups is 2. The SMILES string of the molecule is Cc1cc(-c2cc(Cl)cc(Cl)c2)cc(C)c1C1C(=O)[C@@H]2C3CCC(O3)[C@@H]2C1=O. The van der Waals surface area contributed by atoms with Gasteiger partial charge in [0.15, 0.2) is 11.6 Å². The molecule has 0 N–H and O–H groups in total. The van der Waals surface area contributed by atoms with Crippen LogP contribution in [0.2, 0.25) is 10.0 Å². The van der Waals surface area contributed by atoms with Crippen molar-refractivity contribution in [1.82, 2.24) is 0 Å². The monoisotopic (exact) mass is 414 g/mol. The molecule has 5 rings (SSSR count). The van der Waals surface area contributed by atoms with E-state index in [2.05, 4.69) is 0 Å². The van der Waals surface area contributed by atoms with E-state index < -0.39 is 5.92 Å². The highest BCUT2D eigenvalue weighted by molar-refractivity contribution is 6.35. The lowest BCUT2D eigenvalue weighted by Crippen LogP contribution is -2.29. The highest BCUT2D eigenvalue weighted by Crippen LogP contribution is 2.53. The summed E-state index contributed by atoms with van der Waals surface area (Å²) >= 11 is 12.3. The smallest absolute Gasteiger partial charge is 0.154 e. The van der Waals surface area contributed by atoms with E-state index in [-0.39, 0.29) is 35.6 Å². The molecule has 0 amide bonds. The molecular formula is C23H20Cl2O3. The molecule has 2 aliphatic heterocycles. The van der Waals surface area contributed by atoms with Crippen molar-refractivity contribution in [2.45, 2.75) is 44.8 Å². The fourth-order valence-electron chi connectivity index (χ4n) is 5.53. The number of aryl methyl sites for hydroxylation is 2. The lowest BCUT2D eigenvalue weighted by molar-refractivity contribution is -0.127. The quantitative estimate of drug-likeness (QED) is 0.625. The minimum absolute atomic E-state index is 0.0481. The Labute approximate surface area is 174 Å². The van der Waals surface area contributed by atoms with Crippen LogP contribution in [0.1, 0.15) is 35.4 Å². The Bertz CT molecular complexity index is 957. The number of ether oxygens (including phenoxy) is 1. The first-order valence-corrected chi connectivity index (χ1v) is 10.4. The number of ketones is 2. The van der Waals surface area contributed by atoms with Crippen LogP contribution in [0.15, 0.2) is 30.3 Å². The average molecular weight is 415 g/mol. The number of benzene rings is 2. The third-order valence-corrected chi connectivity index (χ3v) is 7.01. The van der Waals surface area contributed by atoms with E-state index in [1.807, 2.05) is 38.1 Å². The van der Waals surface area contributed by atoms with Crippen LogP contribution in [0.3, 0.4) is 0 Å². The third-order valence-electron chi connectivity index (χ3n) is 6.58. The zero-order valence-electron chi connectivity index (χ0n) is 15.7. The molecule has 2 heterocycles. The van der Waals surface area contributed by atoms with Gasteiger partial charge < -0.3 is 4.74 Å². The number of hydrogen-bond acceptors (Lipinski definition) is 3. The predicted molar refractivity (Wildman–Crippen MR) is 109 cm³/mol. The molecular weight excluding hydrogens is 395 g/mol. The molecule has 5 atom stereocenters.